The Morgan fingerprint density at radius 3 is 2.95 bits per heavy atom. The minimum absolute atomic E-state index is 0.00697. The van der Waals surface area contributed by atoms with E-state index in [-0.39, 0.29) is 5.91 Å². The van der Waals surface area contributed by atoms with Crippen molar-refractivity contribution in [3.05, 3.63) is 11.6 Å². The zero-order chi connectivity index (χ0) is 15.5. The molecule has 1 aliphatic rings. The molecule has 3 N–H and O–H groups in total. The first-order chi connectivity index (χ1) is 10.1. The average Bonchev–Trinajstić information content (AvgIpc) is 2.48. The van der Waals surface area contributed by atoms with Gasteiger partial charge < -0.3 is 15.8 Å². The van der Waals surface area contributed by atoms with Crippen molar-refractivity contribution in [1.82, 2.24) is 5.32 Å². The normalized spacial score (nSPS) is 16.0. The predicted octanol–water partition coefficient (Wildman–Crippen LogP) is 1.62. The van der Waals surface area contributed by atoms with Crippen LogP contribution in [-0.2, 0) is 14.3 Å². The Morgan fingerprint density at radius 1 is 1.48 bits per heavy atom. The number of hydrogen-bond acceptors (Lipinski definition) is 5. The maximum Gasteiger partial charge on any atom is 0.323 e. The second kappa shape index (κ2) is 10.7. The molecule has 0 radical (unpaired) electrons. The topological polar surface area (TPSA) is 81.4 Å². The summed E-state index contributed by atoms with van der Waals surface area (Å²) < 4.78 is 4.81. The van der Waals surface area contributed by atoms with Gasteiger partial charge in [0.15, 0.2) is 0 Å². The summed E-state index contributed by atoms with van der Waals surface area (Å²) in [6.45, 7) is 2.76. The number of esters is 1. The first-order valence-electron chi connectivity index (χ1n) is 7.58. The first kappa shape index (κ1) is 18.0. The van der Waals surface area contributed by atoms with E-state index < -0.39 is 12.0 Å². The Balaban J connectivity index is 2.05. The largest absolute Gasteiger partial charge is 0.465 e. The van der Waals surface area contributed by atoms with Crippen molar-refractivity contribution in [2.45, 2.75) is 45.1 Å². The Bertz CT molecular complexity index is 372. The maximum absolute atomic E-state index is 11.7. The van der Waals surface area contributed by atoms with Crippen molar-refractivity contribution in [2.24, 2.45) is 5.73 Å². The van der Waals surface area contributed by atoms with Gasteiger partial charge in [-0.15, -0.1) is 11.8 Å². The number of carbonyl (C=O) groups excluding carboxylic acids is 2. The highest BCUT2D eigenvalue weighted by molar-refractivity contribution is 8.00. The number of ether oxygens (including phenoxy) is 1. The molecule has 0 spiro atoms. The first-order valence-corrected chi connectivity index (χ1v) is 8.73. The van der Waals surface area contributed by atoms with Crippen LogP contribution in [-0.4, -0.2) is 42.6 Å². The monoisotopic (exact) mass is 314 g/mol. The molecule has 0 heterocycles. The standard InChI is InChI=1S/C15H26N2O3S/c1-2-20-15(19)13(16)10-21-11-14(18)17-9-8-12-6-4-3-5-7-12/h6,13H,2-5,7-11,16H2,1H3,(H,17,18). The van der Waals surface area contributed by atoms with Crippen LogP contribution in [0, 0.1) is 0 Å². The van der Waals surface area contributed by atoms with Gasteiger partial charge in [-0.1, -0.05) is 11.6 Å². The van der Waals surface area contributed by atoms with E-state index in [0.717, 1.165) is 6.42 Å². The van der Waals surface area contributed by atoms with Crippen LogP contribution < -0.4 is 11.1 Å². The summed E-state index contributed by atoms with van der Waals surface area (Å²) in [7, 11) is 0. The molecule has 0 saturated carbocycles. The van der Waals surface area contributed by atoms with Gasteiger partial charge in [0.05, 0.1) is 12.4 Å². The third-order valence-corrected chi connectivity index (χ3v) is 4.33. The van der Waals surface area contributed by atoms with Gasteiger partial charge in [0.2, 0.25) is 5.91 Å². The summed E-state index contributed by atoms with van der Waals surface area (Å²) in [6, 6.07) is -0.657. The van der Waals surface area contributed by atoms with Crippen LogP contribution in [0.15, 0.2) is 11.6 Å². The highest BCUT2D eigenvalue weighted by atomic mass is 32.2. The second-order valence-electron chi connectivity index (χ2n) is 5.08. The fraction of sp³-hybridized carbons (Fsp3) is 0.733. The van der Waals surface area contributed by atoms with Gasteiger partial charge >= 0.3 is 5.97 Å². The highest BCUT2D eigenvalue weighted by Crippen LogP contribution is 2.19. The minimum atomic E-state index is -0.657. The van der Waals surface area contributed by atoms with E-state index in [1.807, 2.05) is 0 Å². The minimum Gasteiger partial charge on any atom is -0.465 e. The molecule has 21 heavy (non-hydrogen) atoms. The van der Waals surface area contributed by atoms with E-state index >= 15 is 0 Å². The molecule has 0 aliphatic heterocycles. The molecule has 0 saturated heterocycles. The van der Waals surface area contributed by atoms with Crippen LogP contribution in [0.5, 0.6) is 0 Å². The molecule has 1 atom stereocenters. The molecular weight excluding hydrogens is 288 g/mol. The van der Waals surface area contributed by atoms with Crippen molar-refractivity contribution in [3.8, 4) is 0 Å². The van der Waals surface area contributed by atoms with E-state index in [1.54, 1.807) is 6.92 Å². The molecule has 0 bridgehead atoms. The number of nitrogens with one attached hydrogen (secondary N) is 1. The SMILES string of the molecule is CCOC(=O)C(N)CSCC(=O)NCCC1=CCCCC1. The number of allylic oxidation sites excluding steroid dienone is 1. The van der Waals surface area contributed by atoms with Crippen LogP contribution in [0.1, 0.15) is 39.0 Å². The smallest absolute Gasteiger partial charge is 0.323 e. The zero-order valence-corrected chi connectivity index (χ0v) is 13.5. The fourth-order valence-electron chi connectivity index (χ4n) is 2.14. The Labute approximate surface area is 131 Å². The van der Waals surface area contributed by atoms with Crippen LogP contribution in [0.4, 0.5) is 0 Å². The lowest BCUT2D eigenvalue weighted by Gasteiger charge is -2.13. The second-order valence-corrected chi connectivity index (χ2v) is 6.11. The van der Waals surface area contributed by atoms with E-state index in [4.69, 9.17) is 10.5 Å². The molecule has 1 rings (SSSR count). The third-order valence-electron chi connectivity index (χ3n) is 3.27. The van der Waals surface area contributed by atoms with Gasteiger partial charge in [0.1, 0.15) is 6.04 Å². The van der Waals surface area contributed by atoms with Crippen molar-refractivity contribution >= 4 is 23.6 Å². The number of amides is 1. The molecule has 1 unspecified atom stereocenters. The molecule has 0 aromatic heterocycles. The van der Waals surface area contributed by atoms with Crippen LogP contribution in [0.2, 0.25) is 0 Å². The van der Waals surface area contributed by atoms with E-state index in [9.17, 15) is 9.59 Å². The van der Waals surface area contributed by atoms with Gasteiger partial charge in [0.25, 0.3) is 0 Å². The molecular formula is C15H26N2O3S. The molecule has 120 valence electrons. The van der Waals surface area contributed by atoms with Crippen molar-refractivity contribution in [2.75, 3.05) is 24.7 Å². The summed E-state index contributed by atoms with van der Waals surface area (Å²) in [5, 5.41) is 2.90. The number of rotatable bonds is 9. The molecule has 6 heteroatoms. The number of carbonyl (C=O) groups is 2. The maximum atomic E-state index is 11.7. The molecule has 1 amide bonds. The van der Waals surface area contributed by atoms with Crippen LogP contribution in [0.25, 0.3) is 0 Å². The van der Waals surface area contributed by atoms with Crippen LogP contribution in [0.3, 0.4) is 0 Å². The predicted molar refractivity (Wildman–Crippen MR) is 86.1 cm³/mol. The Morgan fingerprint density at radius 2 is 2.29 bits per heavy atom. The molecule has 0 aromatic rings. The van der Waals surface area contributed by atoms with Gasteiger partial charge in [0, 0.05) is 12.3 Å². The van der Waals surface area contributed by atoms with Gasteiger partial charge in [-0.05, 0) is 39.0 Å². The quantitative estimate of drug-likeness (QED) is 0.499. The lowest BCUT2D eigenvalue weighted by Crippen LogP contribution is -2.35. The zero-order valence-electron chi connectivity index (χ0n) is 12.7. The van der Waals surface area contributed by atoms with Gasteiger partial charge in [-0.2, -0.15) is 0 Å². The van der Waals surface area contributed by atoms with E-state index in [2.05, 4.69) is 11.4 Å². The number of nitrogens with two attached hydrogens (primary N) is 1. The van der Waals surface area contributed by atoms with Gasteiger partial charge in [-0.3, -0.25) is 9.59 Å². The van der Waals surface area contributed by atoms with Crippen LogP contribution >= 0.6 is 11.8 Å². The fourth-order valence-corrected chi connectivity index (χ4v) is 2.94. The van der Waals surface area contributed by atoms with Crippen molar-refractivity contribution in [1.29, 1.82) is 0 Å². The van der Waals surface area contributed by atoms with E-state index in [0.29, 0.717) is 24.7 Å². The van der Waals surface area contributed by atoms with Crippen molar-refractivity contribution < 1.29 is 14.3 Å². The summed E-state index contributed by atoms with van der Waals surface area (Å²) in [5.41, 5.74) is 7.11. The summed E-state index contributed by atoms with van der Waals surface area (Å²) in [4.78, 5) is 23.0. The molecule has 1 aliphatic carbocycles. The Hall–Kier alpha value is -1.01. The number of thioether (sulfide) groups is 1. The third kappa shape index (κ3) is 8.12. The van der Waals surface area contributed by atoms with E-state index in [1.165, 1.54) is 43.0 Å². The molecule has 0 fully saturated rings. The average molecular weight is 314 g/mol. The number of hydrogen-bond donors (Lipinski definition) is 2. The lowest BCUT2D eigenvalue weighted by molar-refractivity contribution is -0.144. The highest BCUT2D eigenvalue weighted by Gasteiger charge is 2.15. The summed E-state index contributed by atoms with van der Waals surface area (Å²) >= 11 is 1.36. The summed E-state index contributed by atoms with van der Waals surface area (Å²) in [5.74, 6) is 0.311. The molecule has 5 nitrogen and oxygen atoms in total. The Kier molecular flexibility index (Phi) is 9.17. The lowest BCUT2D eigenvalue weighted by atomic mass is 9.97. The summed E-state index contributed by atoms with van der Waals surface area (Å²) in [6.07, 6.45) is 8.13. The van der Waals surface area contributed by atoms with Gasteiger partial charge in [-0.25, -0.2) is 0 Å². The van der Waals surface area contributed by atoms with Crippen molar-refractivity contribution in [3.63, 3.8) is 0 Å². The molecule has 0 aromatic carbocycles.